The molecule has 0 aromatic heterocycles. The van der Waals surface area contributed by atoms with E-state index in [0.29, 0.717) is 28.4 Å². The fourth-order valence-electron chi connectivity index (χ4n) is 4.24. The van der Waals surface area contributed by atoms with Gasteiger partial charge in [0.1, 0.15) is 17.5 Å². The van der Waals surface area contributed by atoms with E-state index in [1.165, 1.54) is 14.2 Å². The van der Waals surface area contributed by atoms with Gasteiger partial charge in [-0.3, -0.25) is 14.5 Å². The molecule has 7 heteroatoms. The molecule has 0 aliphatic carbocycles. The van der Waals surface area contributed by atoms with Crippen LogP contribution in [0.15, 0.2) is 72.8 Å². The molecule has 1 saturated heterocycles. The third-order valence-electron chi connectivity index (χ3n) is 5.93. The summed E-state index contributed by atoms with van der Waals surface area (Å²) in [6.45, 7) is 1.75. The van der Waals surface area contributed by atoms with Crippen molar-refractivity contribution in [2.45, 2.75) is 18.9 Å². The van der Waals surface area contributed by atoms with Gasteiger partial charge in [-0.05, 0) is 43.6 Å². The Morgan fingerprint density at radius 2 is 1.32 bits per heavy atom. The van der Waals surface area contributed by atoms with Crippen LogP contribution in [0, 0.1) is 0 Å². The smallest absolute Gasteiger partial charge is 0.255 e. The van der Waals surface area contributed by atoms with E-state index in [1.807, 2.05) is 36.4 Å². The standard InChI is InChI=1S/C27H29N3O4/c1-33-23-18-22(24(34-2)17-21(23)28-26(31)20-13-7-4-8-14-20)29-27(32)25(30-15-9-10-16-30)19-11-5-3-6-12-19/h3-8,11-14,17-18,25H,9-10,15-16H2,1-2H3,(H,28,31)(H,29,32). The van der Waals surface area contributed by atoms with Crippen LogP contribution in [0.5, 0.6) is 11.5 Å². The van der Waals surface area contributed by atoms with Gasteiger partial charge in [-0.15, -0.1) is 0 Å². The van der Waals surface area contributed by atoms with Crippen LogP contribution >= 0.6 is 0 Å². The van der Waals surface area contributed by atoms with Gasteiger partial charge in [0.05, 0.1) is 25.6 Å². The van der Waals surface area contributed by atoms with Crippen molar-refractivity contribution in [3.8, 4) is 11.5 Å². The summed E-state index contributed by atoms with van der Waals surface area (Å²) >= 11 is 0. The average molecular weight is 460 g/mol. The highest BCUT2D eigenvalue weighted by molar-refractivity contribution is 6.05. The van der Waals surface area contributed by atoms with Crippen molar-refractivity contribution >= 4 is 23.2 Å². The van der Waals surface area contributed by atoms with Crippen molar-refractivity contribution in [1.82, 2.24) is 4.90 Å². The summed E-state index contributed by atoms with van der Waals surface area (Å²) in [6, 6.07) is 21.6. The Kier molecular flexibility index (Phi) is 7.44. The van der Waals surface area contributed by atoms with Crippen LogP contribution in [0.3, 0.4) is 0 Å². The number of carbonyl (C=O) groups is 2. The maximum absolute atomic E-state index is 13.5. The lowest BCUT2D eigenvalue weighted by molar-refractivity contribution is -0.121. The first-order chi connectivity index (χ1) is 16.6. The summed E-state index contributed by atoms with van der Waals surface area (Å²) < 4.78 is 11.1. The van der Waals surface area contributed by atoms with Crippen molar-refractivity contribution in [3.05, 3.63) is 83.9 Å². The number of rotatable bonds is 8. The predicted octanol–water partition coefficient (Wildman–Crippen LogP) is 4.73. The number of hydrogen-bond acceptors (Lipinski definition) is 5. The fourth-order valence-corrected chi connectivity index (χ4v) is 4.24. The van der Waals surface area contributed by atoms with Crippen molar-refractivity contribution in [2.24, 2.45) is 0 Å². The first-order valence-corrected chi connectivity index (χ1v) is 11.3. The lowest BCUT2D eigenvalue weighted by Gasteiger charge is -2.27. The molecule has 0 spiro atoms. The Hall–Kier alpha value is -3.84. The topological polar surface area (TPSA) is 79.9 Å². The Labute approximate surface area is 199 Å². The minimum absolute atomic E-state index is 0.144. The molecule has 1 heterocycles. The van der Waals surface area contributed by atoms with Crippen molar-refractivity contribution in [2.75, 3.05) is 37.9 Å². The molecule has 3 aromatic rings. The van der Waals surface area contributed by atoms with Crippen LogP contribution in [0.2, 0.25) is 0 Å². The molecule has 1 aliphatic heterocycles. The van der Waals surface area contributed by atoms with E-state index in [9.17, 15) is 9.59 Å². The van der Waals surface area contributed by atoms with E-state index >= 15 is 0 Å². The molecule has 1 aliphatic rings. The lowest BCUT2D eigenvalue weighted by atomic mass is 10.0. The normalized spacial score (nSPS) is 14.3. The van der Waals surface area contributed by atoms with Crippen molar-refractivity contribution in [3.63, 3.8) is 0 Å². The van der Waals surface area contributed by atoms with Gasteiger partial charge >= 0.3 is 0 Å². The summed E-state index contributed by atoms with van der Waals surface area (Å²) in [4.78, 5) is 28.3. The van der Waals surface area contributed by atoms with Crippen LogP contribution in [-0.2, 0) is 4.79 Å². The number of likely N-dealkylation sites (tertiary alicyclic amines) is 1. The van der Waals surface area contributed by atoms with Gasteiger partial charge in [-0.1, -0.05) is 48.5 Å². The molecular weight excluding hydrogens is 430 g/mol. The zero-order valence-corrected chi connectivity index (χ0v) is 19.4. The summed E-state index contributed by atoms with van der Waals surface area (Å²) in [6.07, 6.45) is 2.15. The third-order valence-corrected chi connectivity index (χ3v) is 5.93. The summed E-state index contributed by atoms with van der Waals surface area (Å²) in [5, 5.41) is 5.89. The van der Waals surface area contributed by atoms with Crippen molar-refractivity contribution in [1.29, 1.82) is 0 Å². The second-order valence-corrected chi connectivity index (χ2v) is 8.12. The number of anilines is 2. The Bertz CT molecular complexity index is 1130. The molecule has 3 aromatic carbocycles. The van der Waals surface area contributed by atoms with Gasteiger partial charge in [0, 0.05) is 17.7 Å². The molecular formula is C27H29N3O4. The van der Waals surface area contributed by atoms with Gasteiger partial charge in [0.2, 0.25) is 5.91 Å². The monoisotopic (exact) mass is 459 g/mol. The Balaban J connectivity index is 1.60. The fraction of sp³-hybridized carbons (Fsp3) is 0.259. The number of hydrogen-bond donors (Lipinski definition) is 2. The van der Waals surface area contributed by atoms with E-state index in [-0.39, 0.29) is 11.8 Å². The van der Waals surface area contributed by atoms with E-state index in [0.717, 1.165) is 31.5 Å². The lowest BCUT2D eigenvalue weighted by Crippen LogP contribution is -2.35. The van der Waals surface area contributed by atoms with Gasteiger partial charge in [-0.2, -0.15) is 0 Å². The number of nitrogens with zero attached hydrogens (tertiary/aromatic N) is 1. The molecule has 1 unspecified atom stereocenters. The first-order valence-electron chi connectivity index (χ1n) is 11.3. The van der Waals surface area contributed by atoms with Crippen LogP contribution in [0.25, 0.3) is 0 Å². The zero-order valence-electron chi connectivity index (χ0n) is 19.4. The maximum Gasteiger partial charge on any atom is 0.255 e. The second kappa shape index (κ2) is 10.9. The summed E-state index contributed by atoms with van der Waals surface area (Å²) in [7, 11) is 3.04. The quantitative estimate of drug-likeness (QED) is 0.509. The highest BCUT2D eigenvalue weighted by Gasteiger charge is 2.30. The molecule has 176 valence electrons. The molecule has 0 radical (unpaired) electrons. The van der Waals surface area contributed by atoms with Crippen LogP contribution in [0.1, 0.15) is 34.8 Å². The SMILES string of the molecule is COc1cc(NC(=O)C(c2ccccc2)N2CCCC2)c(OC)cc1NC(=O)c1ccccc1. The third kappa shape index (κ3) is 5.21. The number of benzene rings is 3. The molecule has 1 atom stereocenters. The van der Waals surface area contributed by atoms with Gasteiger partial charge in [-0.25, -0.2) is 0 Å². The molecule has 7 nitrogen and oxygen atoms in total. The average Bonchev–Trinajstić information content (AvgIpc) is 3.40. The van der Waals surface area contributed by atoms with Crippen LogP contribution in [0.4, 0.5) is 11.4 Å². The highest BCUT2D eigenvalue weighted by atomic mass is 16.5. The Morgan fingerprint density at radius 1 is 0.794 bits per heavy atom. The van der Waals surface area contributed by atoms with E-state index in [4.69, 9.17) is 9.47 Å². The predicted molar refractivity (Wildman–Crippen MR) is 133 cm³/mol. The second-order valence-electron chi connectivity index (χ2n) is 8.12. The maximum atomic E-state index is 13.5. The largest absolute Gasteiger partial charge is 0.494 e. The first kappa shape index (κ1) is 23.3. The number of ether oxygens (including phenoxy) is 2. The van der Waals surface area contributed by atoms with E-state index < -0.39 is 6.04 Å². The number of nitrogens with one attached hydrogen (secondary N) is 2. The highest BCUT2D eigenvalue weighted by Crippen LogP contribution is 2.37. The molecule has 4 rings (SSSR count). The molecule has 34 heavy (non-hydrogen) atoms. The minimum Gasteiger partial charge on any atom is -0.494 e. The van der Waals surface area contributed by atoms with Gasteiger partial charge < -0.3 is 20.1 Å². The molecule has 1 fully saturated rings. The number of carbonyl (C=O) groups excluding carboxylic acids is 2. The van der Waals surface area contributed by atoms with Crippen LogP contribution < -0.4 is 20.1 Å². The molecule has 2 N–H and O–H groups in total. The van der Waals surface area contributed by atoms with E-state index in [1.54, 1.807) is 36.4 Å². The van der Waals surface area contributed by atoms with Gasteiger partial charge in [0.15, 0.2) is 0 Å². The van der Waals surface area contributed by atoms with Gasteiger partial charge in [0.25, 0.3) is 5.91 Å². The number of methoxy groups -OCH3 is 2. The zero-order chi connectivity index (χ0) is 23.9. The van der Waals surface area contributed by atoms with Crippen LogP contribution in [-0.4, -0.2) is 44.0 Å². The minimum atomic E-state index is -0.406. The number of amides is 2. The molecule has 0 saturated carbocycles. The molecule has 0 bridgehead atoms. The van der Waals surface area contributed by atoms with Crippen molar-refractivity contribution < 1.29 is 19.1 Å². The van der Waals surface area contributed by atoms with E-state index in [2.05, 4.69) is 15.5 Å². The summed E-state index contributed by atoms with van der Waals surface area (Å²) in [5.41, 5.74) is 2.39. The molecule has 2 amide bonds. The summed E-state index contributed by atoms with van der Waals surface area (Å²) in [5.74, 6) is 0.425. The Morgan fingerprint density at radius 3 is 1.88 bits per heavy atom.